The maximum absolute atomic E-state index is 12.8. The van der Waals surface area contributed by atoms with Gasteiger partial charge in [0, 0.05) is 25.3 Å². The molecule has 0 N–H and O–H groups in total. The monoisotopic (exact) mass is 331 g/mol. The van der Waals surface area contributed by atoms with Gasteiger partial charge in [0.05, 0.1) is 6.54 Å². The Morgan fingerprint density at radius 1 is 1.38 bits per heavy atom. The van der Waals surface area contributed by atoms with E-state index in [4.69, 9.17) is 0 Å². The second kappa shape index (κ2) is 8.42. The van der Waals surface area contributed by atoms with Crippen molar-refractivity contribution in [1.82, 2.24) is 24.6 Å². The van der Waals surface area contributed by atoms with Crippen molar-refractivity contribution in [1.29, 1.82) is 0 Å². The first-order chi connectivity index (χ1) is 11.8. The predicted octanol–water partition coefficient (Wildman–Crippen LogP) is 2.30. The summed E-state index contributed by atoms with van der Waals surface area (Å²) in [7, 11) is 0. The summed E-state index contributed by atoms with van der Waals surface area (Å²) in [4.78, 5) is 21.1. The van der Waals surface area contributed by atoms with Crippen LogP contribution < -0.4 is 0 Å². The fourth-order valence-electron chi connectivity index (χ4n) is 3.92. The normalized spacial score (nSPS) is 22.2. The number of carbonyl (C=O) groups is 1. The van der Waals surface area contributed by atoms with Crippen LogP contribution in [0.3, 0.4) is 0 Å². The van der Waals surface area contributed by atoms with Gasteiger partial charge in [-0.3, -0.25) is 14.4 Å². The van der Waals surface area contributed by atoms with Gasteiger partial charge in [-0.1, -0.05) is 6.08 Å². The van der Waals surface area contributed by atoms with Crippen LogP contribution >= 0.6 is 0 Å². The lowest BCUT2D eigenvalue weighted by Gasteiger charge is -2.34. The second-order valence-electron chi connectivity index (χ2n) is 6.94. The third kappa shape index (κ3) is 4.44. The first-order valence-corrected chi connectivity index (χ1v) is 9.30. The highest BCUT2D eigenvalue weighted by atomic mass is 16.2. The van der Waals surface area contributed by atoms with Gasteiger partial charge in [-0.15, -0.1) is 0 Å². The number of allylic oxidation sites excluding steroid dienone is 2. The molecule has 6 nitrogen and oxygen atoms in total. The SMILES string of the molecule is CCN(C(=O)CN1CCCC(Cn2cncn2)C1)C1=CCCCC1. The van der Waals surface area contributed by atoms with E-state index in [2.05, 4.69) is 28.0 Å². The minimum absolute atomic E-state index is 0.257. The molecule has 0 radical (unpaired) electrons. The number of hydrogen-bond acceptors (Lipinski definition) is 4. The standard InChI is InChI=1S/C18H29N5O/c1-2-23(17-8-4-3-5-9-17)18(24)13-21-10-6-7-16(11-21)12-22-15-19-14-20-22/h8,14-16H,2-7,9-13H2,1H3. The molecule has 1 aliphatic carbocycles. The minimum Gasteiger partial charge on any atom is -0.316 e. The second-order valence-corrected chi connectivity index (χ2v) is 6.94. The van der Waals surface area contributed by atoms with Crippen molar-refractivity contribution in [3.63, 3.8) is 0 Å². The van der Waals surface area contributed by atoms with Crippen molar-refractivity contribution in [2.75, 3.05) is 26.2 Å². The Hall–Kier alpha value is -1.69. The molecule has 132 valence electrons. The highest BCUT2D eigenvalue weighted by molar-refractivity contribution is 5.80. The molecule has 1 fully saturated rings. The number of carbonyl (C=O) groups excluding carboxylic acids is 1. The summed E-state index contributed by atoms with van der Waals surface area (Å²) in [6, 6.07) is 0. The fourth-order valence-corrected chi connectivity index (χ4v) is 3.92. The van der Waals surface area contributed by atoms with E-state index in [-0.39, 0.29) is 5.91 Å². The van der Waals surface area contributed by atoms with Crippen molar-refractivity contribution >= 4 is 5.91 Å². The summed E-state index contributed by atoms with van der Waals surface area (Å²) in [6.45, 7) is 6.29. The lowest BCUT2D eigenvalue weighted by Crippen LogP contribution is -2.44. The number of amides is 1. The van der Waals surface area contributed by atoms with Crippen LogP contribution in [0.25, 0.3) is 0 Å². The third-order valence-electron chi connectivity index (χ3n) is 5.10. The van der Waals surface area contributed by atoms with E-state index in [1.54, 1.807) is 12.7 Å². The molecule has 1 unspecified atom stereocenters. The first kappa shape index (κ1) is 17.1. The quantitative estimate of drug-likeness (QED) is 0.802. The molecule has 1 aromatic rings. The third-order valence-corrected chi connectivity index (χ3v) is 5.10. The topological polar surface area (TPSA) is 54.3 Å². The molecule has 0 bridgehead atoms. The van der Waals surface area contributed by atoms with Crippen LogP contribution in [-0.2, 0) is 11.3 Å². The summed E-state index contributed by atoms with van der Waals surface area (Å²) in [5.41, 5.74) is 1.24. The summed E-state index contributed by atoms with van der Waals surface area (Å²) in [5, 5.41) is 4.20. The molecule has 0 saturated carbocycles. The van der Waals surface area contributed by atoms with Gasteiger partial charge in [0.2, 0.25) is 5.91 Å². The molecule has 2 aliphatic rings. The van der Waals surface area contributed by atoms with Crippen molar-refractivity contribution in [2.45, 2.75) is 52.0 Å². The Morgan fingerprint density at radius 2 is 2.29 bits per heavy atom. The van der Waals surface area contributed by atoms with E-state index in [0.717, 1.165) is 45.4 Å². The van der Waals surface area contributed by atoms with Crippen LogP contribution in [0.2, 0.25) is 0 Å². The zero-order chi connectivity index (χ0) is 16.8. The number of rotatable bonds is 6. The van der Waals surface area contributed by atoms with Crippen molar-refractivity contribution in [2.24, 2.45) is 5.92 Å². The summed E-state index contributed by atoms with van der Waals surface area (Å²) >= 11 is 0. The number of likely N-dealkylation sites (N-methyl/N-ethyl adjacent to an activating group) is 1. The summed E-state index contributed by atoms with van der Waals surface area (Å²) in [5.74, 6) is 0.810. The molecule has 0 aromatic carbocycles. The van der Waals surface area contributed by atoms with Crippen LogP contribution in [0.4, 0.5) is 0 Å². The molecule has 6 heteroatoms. The van der Waals surface area contributed by atoms with Crippen LogP contribution in [-0.4, -0.2) is 56.7 Å². The lowest BCUT2D eigenvalue weighted by atomic mass is 9.98. The number of likely N-dealkylation sites (tertiary alicyclic amines) is 1. The molecule has 24 heavy (non-hydrogen) atoms. The van der Waals surface area contributed by atoms with Gasteiger partial charge in [-0.2, -0.15) is 5.10 Å². The van der Waals surface area contributed by atoms with Crippen LogP contribution in [0, 0.1) is 5.92 Å². The Labute approximate surface area is 144 Å². The largest absolute Gasteiger partial charge is 0.316 e. The highest BCUT2D eigenvalue weighted by Gasteiger charge is 2.25. The van der Waals surface area contributed by atoms with Gasteiger partial charge in [-0.05, 0) is 57.9 Å². The number of piperidine rings is 1. The van der Waals surface area contributed by atoms with E-state index in [1.807, 2.05) is 9.58 Å². The number of hydrogen-bond donors (Lipinski definition) is 0. The highest BCUT2D eigenvalue weighted by Crippen LogP contribution is 2.22. The zero-order valence-electron chi connectivity index (χ0n) is 14.7. The van der Waals surface area contributed by atoms with E-state index >= 15 is 0 Å². The Balaban J connectivity index is 1.53. The van der Waals surface area contributed by atoms with Gasteiger partial charge >= 0.3 is 0 Å². The van der Waals surface area contributed by atoms with E-state index < -0.39 is 0 Å². The van der Waals surface area contributed by atoms with Crippen molar-refractivity contribution in [3.8, 4) is 0 Å². The van der Waals surface area contributed by atoms with Gasteiger partial charge in [0.15, 0.2) is 0 Å². The van der Waals surface area contributed by atoms with Crippen molar-refractivity contribution < 1.29 is 4.79 Å². The molecule has 3 rings (SSSR count). The Morgan fingerprint density at radius 3 is 3.00 bits per heavy atom. The summed E-state index contributed by atoms with van der Waals surface area (Å²) in [6.07, 6.45) is 12.6. The zero-order valence-corrected chi connectivity index (χ0v) is 14.7. The number of aromatic nitrogens is 3. The van der Waals surface area contributed by atoms with E-state index in [1.165, 1.54) is 25.0 Å². The molecule has 1 aliphatic heterocycles. The molecular weight excluding hydrogens is 302 g/mol. The van der Waals surface area contributed by atoms with Gasteiger partial charge in [0.1, 0.15) is 12.7 Å². The smallest absolute Gasteiger partial charge is 0.240 e. The number of nitrogens with zero attached hydrogens (tertiary/aromatic N) is 5. The first-order valence-electron chi connectivity index (χ1n) is 9.30. The van der Waals surface area contributed by atoms with Crippen LogP contribution in [0.15, 0.2) is 24.4 Å². The lowest BCUT2D eigenvalue weighted by molar-refractivity contribution is -0.131. The maximum atomic E-state index is 12.8. The molecule has 1 amide bonds. The van der Waals surface area contributed by atoms with Crippen LogP contribution in [0.5, 0.6) is 0 Å². The maximum Gasteiger partial charge on any atom is 0.240 e. The average Bonchev–Trinajstić information content (AvgIpc) is 3.10. The van der Waals surface area contributed by atoms with Gasteiger partial charge in [-0.25, -0.2) is 4.98 Å². The van der Waals surface area contributed by atoms with Crippen molar-refractivity contribution in [3.05, 3.63) is 24.4 Å². The molecule has 1 atom stereocenters. The van der Waals surface area contributed by atoms with E-state index in [0.29, 0.717) is 12.5 Å². The van der Waals surface area contributed by atoms with Crippen LogP contribution in [0.1, 0.15) is 45.4 Å². The summed E-state index contributed by atoms with van der Waals surface area (Å²) < 4.78 is 1.90. The molecule has 0 spiro atoms. The average molecular weight is 331 g/mol. The fraction of sp³-hybridized carbons (Fsp3) is 0.722. The molecule has 1 saturated heterocycles. The predicted molar refractivity (Wildman–Crippen MR) is 93.1 cm³/mol. The van der Waals surface area contributed by atoms with E-state index in [9.17, 15) is 4.79 Å². The Kier molecular flexibility index (Phi) is 6.01. The van der Waals surface area contributed by atoms with Gasteiger partial charge < -0.3 is 4.90 Å². The van der Waals surface area contributed by atoms with Gasteiger partial charge in [0.25, 0.3) is 0 Å². The molecule has 1 aromatic heterocycles. The molecular formula is C18H29N5O. The molecule has 2 heterocycles. The Bertz CT molecular complexity index is 554. The minimum atomic E-state index is 0.257.